The quantitative estimate of drug-likeness (QED) is 0.862. The predicted molar refractivity (Wildman–Crippen MR) is 87.3 cm³/mol. The zero-order valence-corrected chi connectivity index (χ0v) is 14.2. The Morgan fingerprint density at radius 2 is 2.32 bits per heavy atom. The topological polar surface area (TPSA) is 54.5 Å². The smallest absolute Gasteiger partial charge is 0.357 e. The number of hydrogen-bond acceptors (Lipinski definition) is 6. The second-order valence-corrected chi connectivity index (χ2v) is 7.55. The van der Waals surface area contributed by atoms with E-state index < -0.39 is 0 Å². The third-order valence-electron chi connectivity index (χ3n) is 4.73. The molecule has 5 nitrogen and oxygen atoms in total. The maximum absolute atomic E-state index is 11.8. The molecule has 2 saturated heterocycles. The summed E-state index contributed by atoms with van der Waals surface area (Å²) in [5.74, 6) is 0.427. The third-order valence-corrected chi connectivity index (χ3v) is 5.80. The second-order valence-electron chi connectivity index (χ2n) is 6.31. The molecule has 0 saturated carbocycles. The Labute approximate surface area is 136 Å². The van der Waals surface area contributed by atoms with Crippen LogP contribution >= 0.6 is 11.3 Å². The van der Waals surface area contributed by atoms with Gasteiger partial charge in [-0.2, -0.15) is 0 Å². The maximum Gasteiger partial charge on any atom is 0.357 e. The average molecular weight is 323 g/mol. The van der Waals surface area contributed by atoms with Crippen molar-refractivity contribution in [1.29, 1.82) is 0 Å². The van der Waals surface area contributed by atoms with Crippen LogP contribution in [0.3, 0.4) is 0 Å². The number of thiazole rings is 1. The molecule has 0 aliphatic carbocycles. The Balaban J connectivity index is 1.71. The van der Waals surface area contributed by atoms with E-state index in [9.17, 15) is 4.79 Å². The average Bonchev–Trinajstić information content (AvgIpc) is 3.14. The molecule has 2 unspecified atom stereocenters. The Kier molecular flexibility index (Phi) is 5.10. The fraction of sp³-hybridized carbons (Fsp3) is 0.750. The van der Waals surface area contributed by atoms with Crippen molar-refractivity contribution >= 4 is 17.3 Å². The molecule has 2 aliphatic heterocycles. The molecule has 1 N–H and O–H groups in total. The minimum atomic E-state index is -0.318. The standard InChI is InChI=1S/C16H25N3O2S/c1-11-14(16(20)21-2)18-15(22-11)13-6-4-8-19(13)10-12-5-3-7-17-9-12/h12-13,17H,3-10H2,1-2H3. The van der Waals surface area contributed by atoms with Gasteiger partial charge in [-0.05, 0) is 58.2 Å². The van der Waals surface area contributed by atoms with Crippen LogP contribution in [0.4, 0.5) is 0 Å². The Bertz CT molecular complexity index is 525. The first-order valence-electron chi connectivity index (χ1n) is 8.19. The number of nitrogens with zero attached hydrogens (tertiary/aromatic N) is 2. The lowest BCUT2D eigenvalue weighted by Gasteiger charge is -2.30. The first-order chi connectivity index (χ1) is 10.7. The summed E-state index contributed by atoms with van der Waals surface area (Å²) in [7, 11) is 1.42. The summed E-state index contributed by atoms with van der Waals surface area (Å²) in [6.45, 7) is 6.54. The number of ether oxygens (including phenoxy) is 1. The van der Waals surface area contributed by atoms with E-state index in [-0.39, 0.29) is 5.97 Å². The van der Waals surface area contributed by atoms with E-state index in [0.717, 1.165) is 48.4 Å². The fourth-order valence-electron chi connectivity index (χ4n) is 3.58. The second kappa shape index (κ2) is 7.06. The van der Waals surface area contributed by atoms with Crippen LogP contribution in [0.5, 0.6) is 0 Å². The van der Waals surface area contributed by atoms with Crippen LogP contribution in [-0.2, 0) is 4.74 Å². The van der Waals surface area contributed by atoms with Crippen molar-refractivity contribution in [2.24, 2.45) is 5.92 Å². The monoisotopic (exact) mass is 323 g/mol. The van der Waals surface area contributed by atoms with Gasteiger partial charge in [0.15, 0.2) is 5.69 Å². The number of rotatable bonds is 4. The number of aryl methyl sites for hydroxylation is 1. The van der Waals surface area contributed by atoms with Gasteiger partial charge in [0.05, 0.1) is 13.2 Å². The van der Waals surface area contributed by atoms with E-state index in [1.165, 1.54) is 26.4 Å². The zero-order valence-electron chi connectivity index (χ0n) is 13.4. The molecule has 3 rings (SSSR count). The molecule has 1 aromatic heterocycles. The van der Waals surface area contributed by atoms with E-state index >= 15 is 0 Å². The molecule has 1 aromatic rings. The largest absolute Gasteiger partial charge is 0.464 e. The van der Waals surface area contributed by atoms with Crippen LogP contribution in [0.2, 0.25) is 0 Å². The van der Waals surface area contributed by atoms with E-state index in [0.29, 0.717) is 11.7 Å². The molecule has 0 aromatic carbocycles. The van der Waals surface area contributed by atoms with Gasteiger partial charge in [-0.3, -0.25) is 4.90 Å². The highest BCUT2D eigenvalue weighted by Crippen LogP contribution is 2.36. The van der Waals surface area contributed by atoms with Crippen molar-refractivity contribution in [2.75, 3.05) is 33.3 Å². The highest BCUT2D eigenvalue weighted by molar-refractivity contribution is 7.11. The van der Waals surface area contributed by atoms with Gasteiger partial charge in [0.1, 0.15) is 5.01 Å². The van der Waals surface area contributed by atoms with Crippen LogP contribution in [0.1, 0.15) is 52.1 Å². The summed E-state index contributed by atoms with van der Waals surface area (Å²) in [5.41, 5.74) is 0.494. The summed E-state index contributed by atoms with van der Waals surface area (Å²) in [6, 6.07) is 0.379. The summed E-state index contributed by atoms with van der Waals surface area (Å²) in [6.07, 6.45) is 4.97. The Morgan fingerprint density at radius 3 is 3.05 bits per heavy atom. The van der Waals surface area contributed by atoms with Crippen molar-refractivity contribution in [2.45, 2.75) is 38.6 Å². The van der Waals surface area contributed by atoms with E-state index in [2.05, 4.69) is 15.2 Å². The summed E-state index contributed by atoms with van der Waals surface area (Å²) in [5, 5.41) is 4.58. The molecule has 2 atom stereocenters. The van der Waals surface area contributed by atoms with E-state index in [1.807, 2.05) is 6.92 Å². The lowest BCUT2D eigenvalue weighted by atomic mass is 9.99. The fourth-order valence-corrected chi connectivity index (χ4v) is 4.66. The molecule has 22 heavy (non-hydrogen) atoms. The van der Waals surface area contributed by atoms with Gasteiger partial charge >= 0.3 is 5.97 Å². The number of piperidine rings is 1. The van der Waals surface area contributed by atoms with E-state index in [4.69, 9.17) is 4.74 Å². The van der Waals surface area contributed by atoms with Gasteiger partial charge in [0.25, 0.3) is 0 Å². The molecule has 0 amide bonds. The van der Waals surface area contributed by atoms with Crippen molar-refractivity contribution in [3.05, 3.63) is 15.6 Å². The van der Waals surface area contributed by atoms with Gasteiger partial charge in [-0.15, -0.1) is 11.3 Å². The normalized spacial score (nSPS) is 26.3. The Morgan fingerprint density at radius 1 is 1.45 bits per heavy atom. The predicted octanol–water partition coefficient (Wildman–Crippen LogP) is 2.37. The first kappa shape index (κ1) is 15.9. The number of hydrogen-bond donors (Lipinski definition) is 1. The summed E-state index contributed by atoms with van der Waals surface area (Å²) in [4.78, 5) is 19.9. The number of likely N-dealkylation sites (tertiary alicyclic amines) is 1. The summed E-state index contributed by atoms with van der Waals surface area (Å²) >= 11 is 1.65. The molecule has 0 spiro atoms. The molecule has 2 fully saturated rings. The molecular weight excluding hydrogens is 298 g/mol. The van der Waals surface area contributed by atoms with Gasteiger partial charge < -0.3 is 10.1 Å². The number of esters is 1. The molecule has 122 valence electrons. The minimum Gasteiger partial charge on any atom is -0.464 e. The number of carbonyl (C=O) groups excluding carboxylic acids is 1. The van der Waals surface area contributed by atoms with Crippen LogP contribution in [0.25, 0.3) is 0 Å². The summed E-state index contributed by atoms with van der Waals surface area (Å²) < 4.78 is 4.82. The minimum absolute atomic E-state index is 0.318. The lowest BCUT2D eigenvalue weighted by molar-refractivity contribution is 0.0593. The van der Waals surface area contributed by atoms with Crippen molar-refractivity contribution < 1.29 is 9.53 Å². The van der Waals surface area contributed by atoms with Crippen LogP contribution < -0.4 is 5.32 Å². The number of aromatic nitrogens is 1. The third kappa shape index (κ3) is 3.34. The Hall–Kier alpha value is -0.980. The molecule has 2 aliphatic rings. The number of nitrogens with one attached hydrogen (secondary N) is 1. The van der Waals surface area contributed by atoms with Gasteiger partial charge in [0.2, 0.25) is 0 Å². The van der Waals surface area contributed by atoms with Gasteiger partial charge in [-0.1, -0.05) is 0 Å². The van der Waals surface area contributed by atoms with Crippen LogP contribution in [0.15, 0.2) is 0 Å². The van der Waals surface area contributed by atoms with E-state index in [1.54, 1.807) is 11.3 Å². The molecular formula is C16H25N3O2S. The maximum atomic E-state index is 11.8. The van der Waals surface area contributed by atoms with Crippen molar-refractivity contribution in [1.82, 2.24) is 15.2 Å². The molecule has 0 bridgehead atoms. The van der Waals surface area contributed by atoms with Crippen molar-refractivity contribution in [3.8, 4) is 0 Å². The molecule has 3 heterocycles. The lowest BCUT2D eigenvalue weighted by Crippen LogP contribution is -2.38. The molecule has 0 radical (unpaired) electrons. The zero-order chi connectivity index (χ0) is 15.5. The number of carbonyl (C=O) groups is 1. The first-order valence-corrected chi connectivity index (χ1v) is 9.01. The van der Waals surface area contributed by atoms with Crippen LogP contribution in [0, 0.1) is 12.8 Å². The molecule has 6 heteroatoms. The van der Waals surface area contributed by atoms with Crippen LogP contribution in [-0.4, -0.2) is 49.1 Å². The van der Waals surface area contributed by atoms with Crippen molar-refractivity contribution in [3.63, 3.8) is 0 Å². The highest BCUT2D eigenvalue weighted by atomic mass is 32.1. The van der Waals surface area contributed by atoms with Gasteiger partial charge in [-0.25, -0.2) is 9.78 Å². The highest BCUT2D eigenvalue weighted by Gasteiger charge is 2.31. The number of methoxy groups -OCH3 is 1. The SMILES string of the molecule is COC(=O)c1nc(C2CCCN2CC2CCCNC2)sc1C. The van der Waals surface area contributed by atoms with Gasteiger partial charge in [0, 0.05) is 11.4 Å².